The monoisotopic (exact) mass is 394 g/mol. The smallest absolute Gasteiger partial charge is 0.339 e. The van der Waals surface area contributed by atoms with Crippen LogP contribution in [0, 0.1) is 20.8 Å². The molecule has 6 nitrogen and oxygen atoms in total. The van der Waals surface area contributed by atoms with Crippen molar-refractivity contribution in [3.8, 4) is 17.2 Å². The first-order chi connectivity index (χ1) is 13.8. The van der Waals surface area contributed by atoms with E-state index in [1.165, 1.54) is 0 Å². The maximum Gasteiger partial charge on any atom is 0.339 e. The van der Waals surface area contributed by atoms with E-state index in [2.05, 4.69) is 0 Å². The topological polar surface area (TPSA) is 75.0 Å². The van der Waals surface area contributed by atoms with Crippen molar-refractivity contribution in [2.45, 2.75) is 33.3 Å². The van der Waals surface area contributed by atoms with Crippen LogP contribution in [0.25, 0.3) is 11.0 Å². The first-order valence-corrected chi connectivity index (χ1v) is 9.35. The van der Waals surface area contributed by atoms with Gasteiger partial charge in [0.15, 0.2) is 17.3 Å². The normalized spacial score (nSPS) is 15.8. The van der Waals surface area contributed by atoms with Crippen molar-refractivity contribution in [3.05, 3.63) is 62.5 Å². The molecule has 2 aromatic carbocycles. The van der Waals surface area contributed by atoms with Crippen LogP contribution in [0.3, 0.4) is 0 Å². The third kappa shape index (κ3) is 2.95. The summed E-state index contributed by atoms with van der Waals surface area (Å²) in [6, 6.07) is 7.21. The van der Waals surface area contributed by atoms with E-state index in [1.807, 2.05) is 26.0 Å². The van der Waals surface area contributed by atoms with E-state index in [1.54, 1.807) is 33.3 Å². The predicted octanol–water partition coefficient (Wildman–Crippen LogP) is 4.44. The summed E-state index contributed by atoms with van der Waals surface area (Å²) in [5.41, 5.74) is 3.40. The number of ether oxygens (including phenoxy) is 3. The van der Waals surface area contributed by atoms with Gasteiger partial charge in [0, 0.05) is 5.56 Å². The molecule has 2 heterocycles. The molecule has 0 aliphatic carbocycles. The van der Waals surface area contributed by atoms with E-state index in [-0.39, 0.29) is 17.8 Å². The predicted molar refractivity (Wildman–Crippen MR) is 109 cm³/mol. The van der Waals surface area contributed by atoms with Gasteiger partial charge in [-0.25, -0.2) is 4.79 Å². The average Bonchev–Trinajstić information content (AvgIpc) is 2.70. The van der Waals surface area contributed by atoms with E-state index in [4.69, 9.17) is 18.6 Å². The van der Waals surface area contributed by atoms with E-state index in [9.17, 15) is 9.59 Å². The number of rotatable bonds is 3. The molecule has 29 heavy (non-hydrogen) atoms. The number of hydrogen-bond acceptors (Lipinski definition) is 6. The molecule has 1 aliphatic rings. The zero-order valence-corrected chi connectivity index (χ0v) is 17.0. The van der Waals surface area contributed by atoms with Crippen molar-refractivity contribution in [1.29, 1.82) is 0 Å². The molecular weight excluding hydrogens is 372 g/mol. The lowest BCUT2D eigenvalue weighted by Gasteiger charge is -2.28. The summed E-state index contributed by atoms with van der Waals surface area (Å²) in [6.07, 6.45) is -0.268. The van der Waals surface area contributed by atoms with Gasteiger partial charge in [0.25, 0.3) is 0 Å². The van der Waals surface area contributed by atoms with Crippen LogP contribution in [-0.2, 0) is 0 Å². The van der Waals surface area contributed by atoms with Gasteiger partial charge in [-0.1, -0.05) is 6.07 Å². The minimum absolute atomic E-state index is 0.00584. The molecule has 1 unspecified atom stereocenters. The van der Waals surface area contributed by atoms with E-state index >= 15 is 0 Å². The van der Waals surface area contributed by atoms with Crippen LogP contribution in [0.15, 0.2) is 33.5 Å². The van der Waals surface area contributed by atoms with Gasteiger partial charge in [0.1, 0.15) is 17.4 Å². The summed E-state index contributed by atoms with van der Waals surface area (Å²) < 4.78 is 22.5. The highest BCUT2D eigenvalue weighted by Gasteiger charge is 2.32. The summed E-state index contributed by atoms with van der Waals surface area (Å²) in [5.74, 6) is 1.64. The fourth-order valence-electron chi connectivity index (χ4n) is 3.87. The highest BCUT2D eigenvalue weighted by molar-refractivity contribution is 6.07. The number of hydrogen-bond donors (Lipinski definition) is 0. The molecule has 0 saturated heterocycles. The Balaban J connectivity index is 1.91. The standard InChI is InChI=1S/C23H22O6/c1-11-8-19-21(12(2)13(3)23(25)29-19)22-20(11)15(24)10-17(28-22)14-6-7-16(26-4)18(9-14)27-5/h6-9,17H,10H2,1-5H3. The van der Waals surface area contributed by atoms with Gasteiger partial charge >= 0.3 is 5.63 Å². The third-order valence-electron chi connectivity index (χ3n) is 5.58. The molecule has 0 N–H and O–H groups in total. The van der Waals surface area contributed by atoms with Crippen LogP contribution in [-0.4, -0.2) is 20.0 Å². The zero-order valence-electron chi connectivity index (χ0n) is 17.0. The largest absolute Gasteiger partial charge is 0.493 e. The Morgan fingerprint density at radius 2 is 1.69 bits per heavy atom. The molecule has 3 aromatic rings. The number of carbonyl (C=O) groups excluding carboxylic acids is 1. The molecule has 150 valence electrons. The van der Waals surface area contributed by atoms with Gasteiger partial charge in [-0.15, -0.1) is 0 Å². The summed E-state index contributed by atoms with van der Waals surface area (Å²) in [6.45, 7) is 5.38. The molecule has 0 saturated carbocycles. The molecule has 0 spiro atoms. The maximum absolute atomic E-state index is 13.0. The van der Waals surface area contributed by atoms with Gasteiger partial charge in [0.05, 0.1) is 31.6 Å². The number of Topliss-reactive ketones (excluding diaryl/α,β-unsaturated/α-hetero) is 1. The Labute approximate surface area is 168 Å². The van der Waals surface area contributed by atoms with E-state index in [0.29, 0.717) is 39.3 Å². The molecule has 0 bridgehead atoms. The van der Waals surface area contributed by atoms with Crippen molar-refractivity contribution in [1.82, 2.24) is 0 Å². The van der Waals surface area contributed by atoms with Gasteiger partial charge in [0.2, 0.25) is 0 Å². The van der Waals surface area contributed by atoms with Crippen molar-refractivity contribution in [3.63, 3.8) is 0 Å². The molecule has 0 amide bonds. The van der Waals surface area contributed by atoms with Crippen molar-refractivity contribution < 1.29 is 23.4 Å². The Kier molecular flexibility index (Phi) is 4.57. The first-order valence-electron chi connectivity index (χ1n) is 9.35. The lowest BCUT2D eigenvalue weighted by molar-refractivity contribution is 0.0852. The number of methoxy groups -OCH3 is 2. The van der Waals surface area contributed by atoms with Gasteiger partial charge in [-0.3, -0.25) is 4.79 Å². The number of benzene rings is 2. The van der Waals surface area contributed by atoms with Crippen LogP contribution < -0.4 is 19.8 Å². The Bertz CT molecular complexity index is 1200. The fraction of sp³-hybridized carbons (Fsp3) is 0.304. The van der Waals surface area contributed by atoms with Crippen molar-refractivity contribution in [2.24, 2.45) is 0 Å². The van der Waals surface area contributed by atoms with Crippen LogP contribution in [0.1, 0.15) is 45.1 Å². The van der Waals surface area contributed by atoms with Crippen LogP contribution >= 0.6 is 0 Å². The molecule has 6 heteroatoms. The minimum Gasteiger partial charge on any atom is -0.493 e. The maximum atomic E-state index is 13.0. The third-order valence-corrected chi connectivity index (χ3v) is 5.58. The lowest BCUT2D eigenvalue weighted by Crippen LogP contribution is -2.22. The molecule has 0 radical (unpaired) electrons. The van der Waals surface area contributed by atoms with Crippen LogP contribution in [0.4, 0.5) is 0 Å². The molecule has 4 rings (SSSR count). The zero-order chi connectivity index (χ0) is 20.9. The molecule has 0 fully saturated rings. The van der Waals surface area contributed by atoms with Gasteiger partial charge in [-0.2, -0.15) is 0 Å². The summed E-state index contributed by atoms with van der Waals surface area (Å²) >= 11 is 0. The second-order valence-corrected chi connectivity index (χ2v) is 7.26. The Morgan fingerprint density at radius 3 is 2.38 bits per heavy atom. The first kappa shape index (κ1) is 19.1. The lowest BCUT2D eigenvalue weighted by atomic mass is 9.90. The minimum atomic E-state index is -0.480. The van der Waals surface area contributed by atoms with Crippen molar-refractivity contribution >= 4 is 16.8 Å². The molecule has 1 aliphatic heterocycles. The quantitative estimate of drug-likeness (QED) is 0.611. The molecular formula is C23H22O6. The van der Waals surface area contributed by atoms with Crippen LogP contribution in [0.5, 0.6) is 17.2 Å². The van der Waals surface area contributed by atoms with Gasteiger partial charge < -0.3 is 18.6 Å². The highest BCUT2D eigenvalue weighted by Crippen LogP contribution is 2.43. The summed E-state index contributed by atoms with van der Waals surface area (Å²) in [5, 5.41) is 0.668. The molecule has 1 aromatic heterocycles. The Morgan fingerprint density at radius 1 is 0.966 bits per heavy atom. The summed E-state index contributed by atoms with van der Waals surface area (Å²) in [7, 11) is 3.14. The number of carbonyl (C=O) groups is 1. The summed E-state index contributed by atoms with van der Waals surface area (Å²) in [4.78, 5) is 25.2. The van der Waals surface area contributed by atoms with Crippen LogP contribution in [0.2, 0.25) is 0 Å². The Hall–Kier alpha value is -3.28. The number of ketones is 1. The number of fused-ring (bicyclic) bond motifs is 3. The van der Waals surface area contributed by atoms with Gasteiger partial charge in [-0.05, 0) is 55.7 Å². The number of aryl methyl sites for hydroxylation is 2. The van der Waals surface area contributed by atoms with E-state index in [0.717, 1.165) is 16.7 Å². The second kappa shape index (κ2) is 6.95. The van der Waals surface area contributed by atoms with E-state index < -0.39 is 6.10 Å². The second-order valence-electron chi connectivity index (χ2n) is 7.26. The van der Waals surface area contributed by atoms with Crippen molar-refractivity contribution in [2.75, 3.05) is 14.2 Å². The average molecular weight is 394 g/mol. The SMILES string of the molecule is COc1ccc(C2CC(=O)c3c(C)cc4oc(=O)c(C)c(C)c4c3O2)cc1OC. The highest BCUT2D eigenvalue weighted by atomic mass is 16.5. The molecule has 1 atom stereocenters. The fourth-order valence-corrected chi connectivity index (χ4v) is 3.87.